The fourth-order valence-corrected chi connectivity index (χ4v) is 1.25. The zero-order valence-corrected chi connectivity index (χ0v) is 9.88. The van der Waals surface area contributed by atoms with Crippen LogP contribution in [0.3, 0.4) is 0 Å². The number of hydrogen-bond acceptors (Lipinski definition) is 7. The van der Waals surface area contributed by atoms with Crippen molar-refractivity contribution in [2.75, 3.05) is 19.9 Å². The summed E-state index contributed by atoms with van der Waals surface area (Å²) in [6.07, 6.45) is 0. The van der Waals surface area contributed by atoms with E-state index in [0.717, 1.165) is 0 Å². The highest BCUT2D eigenvalue weighted by Crippen LogP contribution is 2.22. The molecule has 0 fully saturated rings. The minimum absolute atomic E-state index is 0.126. The molecule has 0 spiro atoms. The Kier molecular flexibility index (Phi) is 4.43. The van der Waals surface area contributed by atoms with Crippen LogP contribution in [-0.2, 0) is 14.3 Å². The molecule has 9 heteroatoms. The number of alkyl halides is 1. The van der Waals surface area contributed by atoms with E-state index in [2.05, 4.69) is 14.7 Å². The van der Waals surface area contributed by atoms with E-state index in [-0.39, 0.29) is 18.0 Å². The summed E-state index contributed by atoms with van der Waals surface area (Å²) in [6.45, 7) is 1.04. The maximum atomic E-state index is 12.0. The number of carbonyl (C=O) groups excluding carboxylic acids is 1. The van der Waals surface area contributed by atoms with Gasteiger partial charge in [0.1, 0.15) is 23.9 Å². The molecular formula is C9H12FN3O5. The molecule has 0 aromatic rings. The lowest BCUT2D eigenvalue weighted by atomic mass is 10.3. The van der Waals surface area contributed by atoms with Crippen molar-refractivity contribution in [3.8, 4) is 0 Å². The Morgan fingerprint density at radius 1 is 1.56 bits per heavy atom. The summed E-state index contributed by atoms with van der Waals surface area (Å²) >= 11 is 0. The number of carbonyl (C=O) groups is 1. The molecule has 1 aliphatic rings. The van der Waals surface area contributed by atoms with Gasteiger partial charge in [0, 0.05) is 6.92 Å². The van der Waals surface area contributed by atoms with Crippen molar-refractivity contribution in [1.82, 2.24) is 0 Å². The third-order valence-corrected chi connectivity index (χ3v) is 2.03. The van der Waals surface area contributed by atoms with E-state index in [9.17, 15) is 19.3 Å². The van der Waals surface area contributed by atoms with E-state index in [1.165, 1.54) is 13.8 Å². The number of ether oxygens (including phenoxy) is 2. The largest absolute Gasteiger partial charge is 0.536 e. The molecule has 8 nitrogen and oxygen atoms in total. The van der Waals surface area contributed by atoms with Gasteiger partial charge in [-0.2, -0.15) is 9.98 Å². The number of rotatable bonds is 6. The first-order valence-corrected chi connectivity index (χ1v) is 5.04. The van der Waals surface area contributed by atoms with Crippen molar-refractivity contribution in [2.24, 2.45) is 9.98 Å². The molecule has 0 radical (unpaired) electrons. The quantitative estimate of drug-likeness (QED) is 0.297. The van der Waals surface area contributed by atoms with Crippen LogP contribution in [0, 0.1) is 10.1 Å². The molecular weight excluding hydrogens is 249 g/mol. The molecule has 1 aliphatic heterocycles. The Bertz CT molecular complexity index is 422. The molecule has 0 saturated carbocycles. The standard InChI is InChI=1S/C9H12FN3O5/c1-6-8(5-17-7(2)14)12-9(11-6,13(15)16)18-4-3-10/h3-5H2,1-2H3. The molecule has 100 valence electrons. The summed E-state index contributed by atoms with van der Waals surface area (Å²) in [7, 11) is 0. The second kappa shape index (κ2) is 5.63. The first-order valence-electron chi connectivity index (χ1n) is 5.04. The number of halogens is 1. The molecule has 1 atom stereocenters. The van der Waals surface area contributed by atoms with E-state index in [1.807, 2.05) is 0 Å². The number of esters is 1. The molecule has 18 heavy (non-hydrogen) atoms. The highest BCUT2D eigenvalue weighted by molar-refractivity contribution is 6.43. The predicted molar refractivity (Wildman–Crippen MR) is 58.8 cm³/mol. The lowest BCUT2D eigenvalue weighted by Gasteiger charge is -2.12. The number of hydrogen-bond donors (Lipinski definition) is 0. The van der Waals surface area contributed by atoms with Crippen LogP contribution >= 0.6 is 0 Å². The Balaban J connectivity index is 2.88. The van der Waals surface area contributed by atoms with Gasteiger partial charge in [-0.3, -0.25) is 19.6 Å². The first kappa shape index (κ1) is 14.2. The topological polar surface area (TPSA) is 103 Å². The fraction of sp³-hybridized carbons (Fsp3) is 0.667. The Hall–Kier alpha value is -1.90. The minimum Gasteiger partial charge on any atom is -0.459 e. The zero-order chi connectivity index (χ0) is 13.8. The maximum Gasteiger partial charge on any atom is 0.536 e. The van der Waals surface area contributed by atoms with E-state index in [0.29, 0.717) is 0 Å². The van der Waals surface area contributed by atoms with E-state index in [4.69, 9.17) is 4.74 Å². The van der Waals surface area contributed by atoms with Crippen molar-refractivity contribution >= 4 is 17.4 Å². The second-order valence-corrected chi connectivity index (χ2v) is 3.40. The van der Waals surface area contributed by atoms with E-state index < -0.39 is 30.1 Å². The average Bonchev–Trinajstić information content (AvgIpc) is 2.62. The third kappa shape index (κ3) is 3.06. The van der Waals surface area contributed by atoms with E-state index in [1.54, 1.807) is 0 Å². The van der Waals surface area contributed by atoms with Crippen LogP contribution < -0.4 is 0 Å². The van der Waals surface area contributed by atoms with Crippen LogP contribution in [0.5, 0.6) is 0 Å². The monoisotopic (exact) mass is 261 g/mol. The lowest BCUT2D eigenvalue weighted by molar-refractivity contribution is -0.625. The zero-order valence-electron chi connectivity index (χ0n) is 9.88. The van der Waals surface area contributed by atoms with Crippen LogP contribution in [0.1, 0.15) is 13.8 Å². The maximum absolute atomic E-state index is 12.0. The SMILES string of the molecule is CC(=O)OCC1=NC(OCCF)([N+](=O)[O-])N=C1C. The van der Waals surface area contributed by atoms with Crippen LogP contribution in [0.4, 0.5) is 4.39 Å². The van der Waals surface area contributed by atoms with Crippen LogP contribution in [0.2, 0.25) is 0 Å². The highest BCUT2D eigenvalue weighted by Gasteiger charge is 2.49. The first-order chi connectivity index (χ1) is 8.41. The number of nitrogens with zero attached hydrogens (tertiary/aromatic N) is 3. The molecule has 1 heterocycles. The fourth-order valence-electron chi connectivity index (χ4n) is 1.25. The molecule has 0 amide bonds. The van der Waals surface area contributed by atoms with Gasteiger partial charge in [-0.15, -0.1) is 0 Å². The van der Waals surface area contributed by atoms with Gasteiger partial charge < -0.3 is 4.74 Å². The molecule has 1 rings (SSSR count). The number of aliphatic imine (C=N–C) groups is 2. The van der Waals surface area contributed by atoms with Gasteiger partial charge in [-0.25, -0.2) is 4.39 Å². The summed E-state index contributed by atoms with van der Waals surface area (Å²) in [6, 6.07) is 0. The third-order valence-electron chi connectivity index (χ3n) is 2.03. The summed E-state index contributed by atoms with van der Waals surface area (Å²) in [5.74, 6) is -2.90. The lowest BCUT2D eigenvalue weighted by Crippen LogP contribution is -2.36. The smallest absolute Gasteiger partial charge is 0.459 e. The van der Waals surface area contributed by atoms with Gasteiger partial charge in [0.15, 0.2) is 0 Å². The van der Waals surface area contributed by atoms with Gasteiger partial charge in [0.05, 0.1) is 12.3 Å². The Morgan fingerprint density at radius 2 is 2.22 bits per heavy atom. The van der Waals surface area contributed by atoms with Gasteiger partial charge >= 0.3 is 11.9 Å². The van der Waals surface area contributed by atoms with Crippen molar-refractivity contribution in [1.29, 1.82) is 0 Å². The van der Waals surface area contributed by atoms with Gasteiger partial charge in [-0.05, 0) is 6.92 Å². The van der Waals surface area contributed by atoms with Crippen LogP contribution in [0.25, 0.3) is 0 Å². The molecule has 0 aromatic carbocycles. The Morgan fingerprint density at radius 3 is 2.72 bits per heavy atom. The Labute approximate surface area is 102 Å². The predicted octanol–water partition coefficient (Wildman–Crippen LogP) is 0.339. The summed E-state index contributed by atoms with van der Waals surface area (Å²) in [5.41, 5.74) is 0.340. The molecule has 0 aliphatic carbocycles. The molecule has 1 unspecified atom stereocenters. The summed E-state index contributed by atoms with van der Waals surface area (Å²) < 4.78 is 21.4. The number of nitro groups is 1. The normalized spacial score (nSPS) is 22.4. The molecule has 0 bridgehead atoms. The summed E-state index contributed by atoms with van der Waals surface area (Å²) in [4.78, 5) is 28.0. The molecule has 0 N–H and O–H groups in total. The van der Waals surface area contributed by atoms with Crippen molar-refractivity contribution in [3.05, 3.63) is 10.1 Å². The van der Waals surface area contributed by atoms with Gasteiger partial charge in [0.2, 0.25) is 0 Å². The highest BCUT2D eigenvalue weighted by atomic mass is 19.1. The van der Waals surface area contributed by atoms with Crippen molar-refractivity contribution < 1.29 is 23.6 Å². The molecule has 0 aromatic heterocycles. The van der Waals surface area contributed by atoms with Crippen molar-refractivity contribution in [2.45, 2.75) is 19.8 Å². The van der Waals surface area contributed by atoms with Crippen molar-refractivity contribution in [3.63, 3.8) is 0 Å². The molecule has 0 saturated heterocycles. The van der Waals surface area contributed by atoms with Gasteiger partial charge in [-0.1, -0.05) is 0 Å². The van der Waals surface area contributed by atoms with Crippen LogP contribution in [-0.4, -0.2) is 48.2 Å². The summed E-state index contributed by atoms with van der Waals surface area (Å²) in [5, 5.41) is 10.9. The average molecular weight is 261 g/mol. The van der Waals surface area contributed by atoms with Crippen LogP contribution in [0.15, 0.2) is 9.98 Å². The minimum atomic E-state index is -2.36. The second-order valence-electron chi connectivity index (χ2n) is 3.40. The van der Waals surface area contributed by atoms with Gasteiger partial charge in [0.25, 0.3) is 0 Å². The van der Waals surface area contributed by atoms with E-state index >= 15 is 0 Å².